The van der Waals surface area contributed by atoms with Gasteiger partial charge in [-0.05, 0) is 108 Å². The first-order valence-electron chi connectivity index (χ1n) is 15.1. The molecule has 0 bridgehead atoms. The Hall–Kier alpha value is -3.46. The van der Waals surface area contributed by atoms with Gasteiger partial charge in [0.05, 0.1) is 5.56 Å². The number of aromatic nitrogens is 1. The number of primary amides is 1. The van der Waals surface area contributed by atoms with Gasteiger partial charge in [-0.3, -0.25) is 19.3 Å². The summed E-state index contributed by atoms with van der Waals surface area (Å²) in [6.45, 7) is 10.0. The third-order valence-electron chi connectivity index (χ3n) is 10.2. The molecule has 3 amide bonds. The maximum atomic E-state index is 13.2. The monoisotopic (exact) mass is 558 g/mol. The predicted molar refractivity (Wildman–Crippen MR) is 158 cm³/mol. The molecule has 4 N–H and O–H groups in total. The quantitative estimate of drug-likeness (QED) is 0.480. The molecule has 9 heteroatoms. The summed E-state index contributed by atoms with van der Waals surface area (Å²) in [6, 6.07) is 8.86. The van der Waals surface area contributed by atoms with Crippen molar-refractivity contribution in [2.24, 2.45) is 11.1 Å². The maximum absolute atomic E-state index is 13.2. The molecule has 6 rings (SSSR count). The first-order valence-corrected chi connectivity index (χ1v) is 15.1. The fraction of sp³-hybridized carbons (Fsp3) is 0.562. The number of anilines is 1. The highest BCUT2D eigenvalue weighted by Gasteiger charge is 2.69. The number of aryl methyl sites for hydroxylation is 2. The molecule has 218 valence electrons. The molecule has 2 saturated carbocycles. The third-order valence-corrected chi connectivity index (χ3v) is 10.2. The molecule has 4 fully saturated rings. The number of benzene rings is 1. The second kappa shape index (κ2) is 10.4. The maximum Gasteiger partial charge on any atom is 0.253 e. The van der Waals surface area contributed by atoms with Crippen LogP contribution in [0, 0.1) is 19.3 Å². The van der Waals surface area contributed by atoms with Crippen LogP contribution in [0.15, 0.2) is 30.5 Å². The number of pyridine rings is 1. The summed E-state index contributed by atoms with van der Waals surface area (Å²) in [7, 11) is 0. The lowest BCUT2D eigenvalue weighted by atomic mass is 9.53. The van der Waals surface area contributed by atoms with Crippen LogP contribution in [0.2, 0.25) is 0 Å². The van der Waals surface area contributed by atoms with Crippen LogP contribution in [-0.2, 0) is 0 Å². The number of hydrogen-bond donors (Lipinski definition) is 3. The van der Waals surface area contributed by atoms with Crippen LogP contribution in [0.3, 0.4) is 0 Å². The number of amides is 3. The normalized spacial score (nSPS) is 28.8. The van der Waals surface area contributed by atoms with Crippen molar-refractivity contribution in [3.8, 4) is 0 Å². The topological polar surface area (TPSA) is 121 Å². The van der Waals surface area contributed by atoms with E-state index in [0.29, 0.717) is 40.4 Å². The number of nitrogens with two attached hydrogens (primary N) is 1. The van der Waals surface area contributed by atoms with Crippen molar-refractivity contribution in [2.45, 2.75) is 96.4 Å². The van der Waals surface area contributed by atoms with Crippen LogP contribution in [0.4, 0.5) is 5.82 Å². The molecule has 0 radical (unpaired) electrons. The number of piperidine rings is 2. The van der Waals surface area contributed by atoms with E-state index in [-0.39, 0.29) is 29.3 Å². The Bertz CT molecular complexity index is 1370. The molecular formula is C32H42N6O3. The van der Waals surface area contributed by atoms with E-state index in [2.05, 4.69) is 34.3 Å². The highest BCUT2D eigenvalue weighted by Crippen LogP contribution is 2.65. The fourth-order valence-electron chi connectivity index (χ4n) is 7.95. The molecular weight excluding hydrogens is 516 g/mol. The van der Waals surface area contributed by atoms with Crippen LogP contribution in [0.5, 0.6) is 0 Å². The van der Waals surface area contributed by atoms with E-state index >= 15 is 0 Å². The SMILES string of the molecule is Cc1cc(C(=O)NC2CC3N(c4ccc(C(=O)NC5CCCN(C(C)C)C5)cn4)C4CCC43C2)c(C)cc1C(N)=O. The minimum absolute atomic E-state index is 0.0562. The predicted octanol–water partition coefficient (Wildman–Crippen LogP) is 3.33. The number of carbonyl (C=O) groups excluding carboxylic acids is 3. The number of carbonyl (C=O) groups is 3. The zero-order valence-electron chi connectivity index (χ0n) is 24.6. The molecule has 4 aliphatic rings. The van der Waals surface area contributed by atoms with Crippen molar-refractivity contribution in [3.63, 3.8) is 0 Å². The summed E-state index contributed by atoms with van der Waals surface area (Å²) in [4.78, 5) is 47.5. The minimum atomic E-state index is -0.482. The molecule has 2 saturated heterocycles. The van der Waals surface area contributed by atoms with E-state index < -0.39 is 5.91 Å². The second-order valence-corrected chi connectivity index (χ2v) is 13.0. The van der Waals surface area contributed by atoms with Crippen molar-refractivity contribution in [2.75, 3.05) is 18.0 Å². The van der Waals surface area contributed by atoms with Crippen molar-refractivity contribution in [3.05, 3.63) is 58.3 Å². The van der Waals surface area contributed by atoms with E-state index in [9.17, 15) is 14.4 Å². The molecule has 1 spiro atoms. The Morgan fingerprint density at radius 2 is 1.73 bits per heavy atom. The summed E-state index contributed by atoms with van der Waals surface area (Å²) >= 11 is 0. The minimum Gasteiger partial charge on any atom is -0.366 e. The van der Waals surface area contributed by atoms with E-state index in [1.54, 1.807) is 25.3 Å². The second-order valence-electron chi connectivity index (χ2n) is 13.0. The van der Waals surface area contributed by atoms with Gasteiger partial charge in [-0.1, -0.05) is 0 Å². The zero-order valence-corrected chi connectivity index (χ0v) is 24.6. The number of nitrogens with zero attached hydrogens (tertiary/aromatic N) is 3. The molecule has 9 nitrogen and oxygen atoms in total. The highest BCUT2D eigenvalue weighted by molar-refractivity contribution is 6.00. The highest BCUT2D eigenvalue weighted by atomic mass is 16.2. The van der Waals surface area contributed by atoms with Crippen LogP contribution >= 0.6 is 0 Å². The van der Waals surface area contributed by atoms with Crippen LogP contribution < -0.4 is 21.3 Å². The van der Waals surface area contributed by atoms with Crippen molar-refractivity contribution in [1.82, 2.24) is 20.5 Å². The van der Waals surface area contributed by atoms with Gasteiger partial charge in [0.15, 0.2) is 0 Å². The number of nitrogens with one attached hydrogen (secondary N) is 2. The Morgan fingerprint density at radius 1 is 1.00 bits per heavy atom. The van der Waals surface area contributed by atoms with Crippen molar-refractivity contribution < 1.29 is 14.4 Å². The summed E-state index contributed by atoms with van der Waals surface area (Å²) in [5.41, 5.74) is 8.81. The molecule has 3 heterocycles. The average Bonchev–Trinajstić information content (AvgIpc) is 3.30. The number of likely N-dealkylation sites (tertiary alicyclic amines) is 1. The van der Waals surface area contributed by atoms with Gasteiger partial charge >= 0.3 is 0 Å². The molecule has 2 aromatic rings. The molecule has 5 atom stereocenters. The Labute approximate surface area is 242 Å². The third kappa shape index (κ3) is 4.78. The van der Waals surface area contributed by atoms with Crippen LogP contribution in [-0.4, -0.2) is 70.9 Å². The van der Waals surface area contributed by atoms with E-state index in [4.69, 9.17) is 10.7 Å². The van der Waals surface area contributed by atoms with Gasteiger partial charge in [-0.15, -0.1) is 0 Å². The van der Waals surface area contributed by atoms with Gasteiger partial charge in [-0.2, -0.15) is 0 Å². The van der Waals surface area contributed by atoms with E-state index in [1.807, 2.05) is 19.1 Å². The number of rotatable bonds is 7. The van der Waals surface area contributed by atoms with E-state index in [1.165, 1.54) is 6.42 Å². The first kappa shape index (κ1) is 27.7. The van der Waals surface area contributed by atoms with E-state index in [0.717, 1.165) is 56.6 Å². The van der Waals surface area contributed by atoms with Crippen LogP contribution in [0.25, 0.3) is 0 Å². The summed E-state index contributed by atoms with van der Waals surface area (Å²) in [6.07, 6.45) is 7.96. The lowest BCUT2D eigenvalue weighted by molar-refractivity contribution is -0.0172. The molecule has 41 heavy (non-hydrogen) atoms. The standard InChI is InChI=1S/C32H42N6O3/c1-18(2)37-11-5-6-22(17-37)35-30(40)21-7-8-28(34-16-21)38-26-9-10-32(26)15-23(14-27(32)38)36-31(41)25-13-19(3)24(29(33)39)12-20(25)4/h7-8,12-13,16,18,22-23,26-27H,5-6,9-11,14-15,17H2,1-4H3,(H2,33,39)(H,35,40)(H,36,41). The Balaban J connectivity index is 1.09. The lowest BCUT2D eigenvalue weighted by Gasteiger charge is -2.68. The van der Waals surface area contributed by atoms with Crippen molar-refractivity contribution >= 4 is 23.5 Å². The largest absolute Gasteiger partial charge is 0.366 e. The van der Waals surface area contributed by atoms with Gasteiger partial charge in [0.25, 0.3) is 11.8 Å². The average molecular weight is 559 g/mol. The Kier molecular flexibility index (Phi) is 7.04. The summed E-state index contributed by atoms with van der Waals surface area (Å²) < 4.78 is 0. The van der Waals surface area contributed by atoms with Crippen LogP contribution in [0.1, 0.15) is 94.6 Å². The molecule has 1 aromatic heterocycles. The Morgan fingerprint density at radius 3 is 2.39 bits per heavy atom. The number of hydrogen-bond acceptors (Lipinski definition) is 6. The lowest BCUT2D eigenvalue weighted by Crippen LogP contribution is -2.75. The van der Waals surface area contributed by atoms with Gasteiger partial charge in [-0.25, -0.2) is 4.98 Å². The fourth-order valence-corrected chi connectivity index (χ4v) is 7.95. The summed E-state index contributed by atoms with van der Waals surface area (Å²) in [5.74, 6) is 0.273. The zero-order chi connectivity index (χ0) is 29.1. The molecule has 2 aliphatic heterocycles. The van der Waals surface area contributed by atoms with Gasteiger partial charge in [0, 0.05) is 59.5 Å². The smallest absolute Gasteiger partial charge is 0.253 e. The van der Waals surface area contributed by atoms with Gasteiger partial charge in [0.1, 0.15) is 5.82 Å². The van der Waals surface area contributed by atoms with Gasteiger partial charge in [0.2, 0.25) is 5.91 Å². The molecule has 5 unspecified atom stereocenters. The molecule has 1 aromatic carbocycles. The van der Waals surface area contributed by atoms with Gasteiger partial charge < -0.3 is 21.3 Å². The van der Waals surface area contributed by atoms with Crippen molar-refractivity contribution in [1.29, 1.82) is 0 Å². The first-order chi connectivity index (χ1) is 19.6. The molecule has 2 aliphatic carbocycles. The summed E-state index contributed by atoms with van der Waals surface area (Å²) in [5, 5.41) is 6.49.